The molecule has 1 aliphatic heterocycles. The third kappa shape index (κ3) is 2.61. The summed E-state index contributed by atoms with van der Waals surface area (Å²) in [5.74, 6) is -1.32. The van der Waals surface area contributed by atoms with E-state index in [2.05, 4.69) is 15.9 Å². The molecule has 0 aliphatic carbocycles. The van der Waals surface area contributed by atoms with Crippen LogP contribution in [0.15, 0.2) is 46.3 Å². The van der Waals surface area contributed by atoms with E-state index >= 15 is 0 Å². The number of nitrogens with zero attached hydrogens (tertiary/aromatic N) is 1. The Morgan fingerprint density at radius 3 is 2.33 bits per heavy atom. The molecule has 2 aromatic rings. The number of alkyl halides is 3. The Bertz CT molecular complexity index is 794. The van der Waals surface area contributed by atoms with Crippen LogP contribution in [0.25, 0.3) is 0 Å². The number of halogens is 4. The Balaban J connectivity index is 2.03. The molecule has 24 heavy (non-hydrogen) atoms. The van der Waals surface area contributed by atoms with Crippen LogP contribution in [0.4, 0.5) is 18.0 Å². The zero-order valence-corrected chi connectivity index (χ0v) is 14.3. The number of rotatable bonds is 3. The second-order valence-electron chi connectivity index (χ2n) is 5.14. The predicted molar refractivity (Wildman–Crippen MR) is 85.3 cm³/mol. The standard InChI is InChI=1S/C15H10BrF3N2O2S/c16-11-7-6-10(24-11)8-21-12(22)14(15(17,18)19,20-13(21)23)9-4-2-1-3-5-9/h1-7H,8H2,(H,20,23). The minimum Gasteiger partial charge on any atom is -0.312 e. The maximum atomic E-state index is 13.8. The maximum absolute atomic E-state index is 13.8. The van der Waals surface area contributed by atoms with Crippen molar-refractivity contribution >= 4 is 39.2 Å². The number of hydrogen-bond acceptors (Lipinski definition) is 3. The van der Waals surface area contributed by atoms with E-state index in [0.717, 1.165) is 3.79 Å². The van der Waals surface area contributed by atoms with Crippen LogP contribution in [0.1, 0.15) is 10.4 Å². The first-order valence-electron chi connectivity index (χ1n) is 6.76. The lowest BCUT2D eigenvalue weighted by Gasteiger charge is -2.29. The molecule has 126 valence electrons. The van der Waals surface area contributed by atoms with E-state index in [4.69, 9.17) is 0 Å². The molecule has 0 saturated carbocycles. The molecule has 3 rings (SSSR count). The molecule has 1 aliphatic rings. The van der Waals surface area contributed by atoms with Crippen LogP contribution in [0.2, 0.25) is 0 Å². The molecule has 4 nitrogen and oxygen atoms in total. The summed E-state index contributed by atoms with van der Waals surface area (Å²) in [5, 5.41) is 1.86. The van der Waals surface area contributed by atoms with Crippen LogP contribution < -0.4 is 5.32 Å². The monoisotopic (exact) mass is 418 g/mol. The molecular formula is C15H10BrF3N2O2S. The quantitative estimate of drug-likeness (QED) is 0.765. The van der Waals surface area contributed by atoms with Gasteiger partial charge in [0.2, 0.25) is 5.54 Å². The van der Waals surface area contributed by atoms with Gasteiger partial charge in [0.25, 0.3) is 5.91 Å². The van der Waals surface area contributed by atoms with E-state index in [0.29, 0.717) is 9.78 Å². The molecule has 9 heteroatoms. The first-order valence-corrected chi connectivity index (χ1v) is 8.37. The lowest BCUT2D eigenvalue weighted by atomic mass is 9.89. The number of carbonyl (C=O) groups excluding carboxylic acids is 2. The van der Waals surface area contributed by atoms with E-state index in [1.807, 2.05) is 5.32 Å². The molecule has 1 aromatic carbocycles. The number of imide groups is 1. The molecule has 1 fully saturated rings. The van der Waals surface area contributed by atoms with Gasteiger partial charge in [0, 0.05) is 4.88 Å². The smallest absolute Gasteiger partial charge is 0.312 e. The highest BCUT2D eigenvalue weighted by atomic mass is 79.9. The van der Waals surface area contributed by atoms with Crippen molar-refractivity contribution in [3.8, 4) is 0 Å². The Kier molecular flexibility index (Phi) is 4.16. The second kappa shape index (κ2) is 5.89. The van der Waals surface area contributed by atoms with Crippen LogP contribution in [-0.2, 0) is 16.9 Å². The molecule has 3 amide bonds. The topological polar surface area (TPSA) is 49.4 Å². The molecule has 0 bridgehead atoms. The van der Waals surface area contributed by atoms with Crippen molar-refractivity contribution in [2.24, 2.45) is 0 Å². The largest absolute Gasteiger partial charge is 0.425 e. The minimum absolute atomic E-state index is 0.217. The Morgan fingerprint density at radius 2 is 1.79 bits per heavy atom. The van der Waals surface area contributed by atoms with Gasteiger partial charge in [-0.2, -0.15) is 13.2 Å². The minimum atomic E-state index is -4.97. The highest BCUT2D eigenvalue weighted by Crippen LogP contribution is 2.44. The van der Waals surface area contributed by atoms with Crippen molar-refractivity contribution in [1.82, 2.24) is 10.2 Å². The summed E-state index contributed by atoms with van der Waals surface area (Å²) < 4.78 is 42.1. The Morgan fingerprint density at radius 1 is 1.12 bits per heavy atom. The molecule has 0 spiro atoms. The van der Waals surface area contributed by atoms with Gasteiger partial charge in [0.05, 0.1) is 10.3 Å². The van der Waals surface area contributed by atoms with Crippen molar-refractivity contribution in [2.75, 3.05) is 0 Å². The highest BCUT2D eigenvalue weighted by Gasteiger charge is 2.68. The SMILES string of the molecule is O=C1NC(c2ccccc2)(C(F)(F)F)C(=O)N1Cc1ccc(Br)s1. The third-order valence-corrected chi connectivity index (χ3v) is 5.29. The van der Waals surface area contributed by atoms with Crippen LogP contribution >= 0.6 is 27.3 Å². The third-order valence-electron chi connectivity index (χ3n) is 3.68. The van der Waals surface area contributed by atoms with Crippen LogP contribution in [-0.4, -0.2) is 23.0 Å². The van der Waals surface area contributed by atoms with Crippen molar-refractivity contribution < 1.29 is 22.8 Å². The van der Waals surface area contributed by atoms with E-state index in [-0.39, 0.29) is 12.1 Å². The van der Waals surface area contributed by atoms with Gasteiger partial charge < -0.3 is 5.32 Å². The van der Waals surface area contributed by atoms with E-state index < -0.39 is 23.7 Å². The summed E-state index contributed by atoms with van der Waals surface area (Å²) in [4.78, 5) is 25.9. The summed E-state index contributed by atoms with van der Waals surface area (Å²) in [5.41, 5.74) is -3.37. The summed E-state index contributed by atoms with van der Waals surface area (Å²) >= 11 is 4.48. The average molecular weight is 419 g/mol. The summed E-state index contributed by atoms with van der Waals surface area (Å²) in [6.45, 7) is -0.217. The summed E-state index contributed by atoms with van der Waals surface area (Å²) in [6.07, 6.45) is -4.97. The van der Waals surface area contributed by atoms with E-state index in [1.165, 1.54) is 41.7 Å². The summed E-state index contributed by atoms with van der Waals surface area (Å²) in [7, 11) is 0. The number of nitrogens with one attached hydrogen (secondary N) is 1. The zero-order valence-electron chi connectivity index (χ0n) is 11.9. The molecule has 2 heterocycles. The fraction of sp³-hybridized carbons (Fsp3) is 0.200. The first kappa shape index (κ1) is 17.0. The van der Waals surface area contributed by atoms with Crippen LogP contribution in [0.3, 0.4) is 0 Å². The summed E-state index contributed by atoms with van der Waals surface area (Å²) in [6, 6.07) is 8.95. The normalized spacial score (nSPS) is 21.2. The predicted octanol–water partition coefficient (Wildman–Crippen LogP) is 4.02. The van der Waals surface area contributed by atoms with Crippen molar-refractivity contribution in [2.45, 2.75) is 18.3 Å². The molecule has 1 atom stereocenters. The average Bonchev–Trinajstić information content (AvgIpc) is 3.04. The lowest BCUT2D eigenvalue weighted by molar-refractivity contribution is -0.198. The Hall–Kier alpha value is -1.87. The molecule has 1 unspecified atom stereocenters. The van der Waals surface area contributed by atoms with E-state index in [9.17, 15) is 22.8 Å². The van der Waals surface area contributed by atoms with Crippen molar-refractivity contribution in [1.29, 1.82) is 0 Å². The van der Waals surface area contributed by atoms with Gasteiger partial charge in [-0.3, -0.25) is 9.69 Å². The van der Waals surface area contributed by atoms with Gasteiger partial charge in [-0.05, 0) is 33.6 Å². The fourth-order valence-electron chi connectivity index (χ4n) is 2.55. The van der Waals surface area contributed by atoms with Gasteiger partial charge >= 0.3 is 12.2 Å². The van der Waals surface area contributed by atoms with Gasteiger partial charge in [0.15, 0.2) is 0 Å². The number of benzene rings is 1. The van der Waals surface area contributed by atoms with Crippen molar-refractivity contribution in [3.63, 3.8) is 0 Å². The van der Waals surface area contributed by atoms with Gasteiger partial charge in [-0.1, -0.05) is 30.3 Å². The number of thiophene rings is 1. The highest BCUT2D eigenvalue weighted by molar-refractivity contribution is 9.11. The Labute approximate surface area is 147 Å². The molecule has 1 saturated heterocycles. The number of amides is 3. The van der Waals surface area contributed by atoms with Crippen LogP contribution in [0.5, 0.6) is 0 Å². The number of hydrogen-bond donors (Lipinski definition) is 1. The molecule has 1 N–H and O–H groups in total. The van der Waals surface area contributed by atoms with Gasteiger partial charge in [-0.15, -0.1) is 11.3 Å². The van der Waals surface area contributed by atoms with Gasteiger partial charge in [0.1, 0.15) is 0 Å². The van der Waals surface area contributed by atoms with Gasteiger partial charge in [-0.25, -0.2) is 4.79 Å². The second-order valence-corrected chi connectivity index (χ2v) is 7.69. The molecule has 1 aromatic heterocycles. The number of urea groups is 1. The van der Waals surface area contributed by atoms with E-state index in [1.54, 1.807) is 12.1 Å². The number of carbonyl (C=O) groups is 2. The first-order chi connectivity index (χ1) is 11.3. The zero-order chi connectivity index (χ0) is 17.5. The molecule has 0 radical (unpaired) electrons. The molecular weight excluding hydrogens is 409 g/mol. The fourth-order valence-corrected chi connectivity index (χ4v) is 4.02. The lowest BCUT2D eigenvalue weighted by Crippen LogP contribution is -2.55. The maximum Gasteiger partial charge on any atom is 0.425 e. The van der Waals surface area contributed by atoms with Crippen LogP contribution in [0, 0.1) is 0 Å². The van der Waals surface area contributed by atoms with Crippen molar-refractivity contribution in [3.05, 3.63) is 56.7 Å².